The van der Waals surface area contributed by atoms with Gasteiger partial charge in [-0.2, -0.15) is 5.10 Å². The van der Waals surface area contributed by atoms with E-state index in [0.717, 1.165) is 4.68 Å². The van der Waals surface area contributed by atoms with E-state index in [9.17, 15) is 9.59 Å². The molecule has 9 nitrogen and oxygen atoms in total. The SMILES string of the molecule is CC[C@@H](C(=O)Nc1ccc(OC)c(Cl)c1)n1nc(-c2cccc(OC)c2)c2c(C)onc2c1=O. The highest BCUT2D eigenvalue weighted by Crippen LogP contribution is 2.31. The highest BCUT2D eigenvalue weighted by Gasteiger charge is 2.26. The summed E-state index contributed by atoms with van der Waals surface area (Å²) in [5.41, 5.74) is 1.21. The Kier molecular flexibility index (Phi) is 6.56. The van der Waals surface area contributed by atoms with Gasteiger partial charge in [-0.05, 0) is 43.7 Å². The first-order valence-electron chi connectivity index (χ1n) is 10.6. The molecule has 0 saturated carbocycles. The van der Waals surface area contributed by atoms with Gasteiger partial charge >= 0.3 is 0 Å². The van der Waals surface area contributed by atoms with E-state index in [-0.39, 0.29) is 5.52 Å². The smallest absolute Gasteiger partial charge is 0.297 e. The summed E-state index contributed by atoms with van der Waals surface area (Å²) in [6.45, 7) is 3.50. The number of aromatic nitrogens is 3. The highest BCUT2D eigenvalue weighted by atomic mass is 35.5. The fourth-order valence-electron chi connectivity index (χ4n) is 3.73. The van der Waals surface area contributed by atoms with Crippen molar-refractivity contribution in [3.8, 4) is 22.8 Å². The number of benzene rings is 2. The molecule has 4 rings (SSSR count). The van der Waals surface area contributed by atoms with Gasteiger partial charge in [0.1, 0.15) is 29.0 Å². The lowest BCUT2D eigenvalue weighted by Gasteiger charge is -2.18. The van der Waals surface area contributed by atoms with Crippen molar-refractivity contribution in [1.82, 2.24) is 14.9 Å². The van der Waals surface area contributed by atoms with Crippen LogP contribution in [0.1, 0.15) is 25.1 Å². The molecule has 0 radical (unpaired) electrons. The number of fused-ring (bicyclic) bond motifs is 1. The van der Waals surface area contributed by atoms with Crippen molar-refractivity contribution in [3.05, 3.63) is 63.6 Å². The van der Waals surface area contributed by atoms with Gasteiger partial charge in [0.2, 0.25) is 5.91 Å². The Balaban J connectivity index is 1.80. The highest BCUT2D eigenvalue weighted by molar-refractivity contribution is 6.32. The number of amides is 1. The molecule has 176 valence electrons. The lowest BCUT2D eigenvalue weighted by Crippen LogP contribution is -2.35. The van der Waals surface area contributed by atoms with Crippen molar-refractivity contribution in [2.24, 2.45) is 0 Å². The van der Waals surface area contributed by atoms with Gasteiger partial charge in [-0.15, -0.1) is 0 Å². The van der Waals surface area contributed by atoms with E-state index < -0.39 is 17.5 Å². The average molecular weight is 483 g/mol. The minimum atomic E-state index is -0.904. The summed E-state index contributed by atoms with van der Waals surface area (Å²) in [6, 6.07) is 11.2. The number of aryl methyl sites for hydroxylation is 1. The van der Waals surface area contributed by atoms with Crippen LogP contribution in [0.3, 0.4) is 0 Å². The van der Waals surface area contributed by atoms with Crippen molar-refractivity contribution in [2.75, 3.05) is 19.5 Å². The van der Waals surface area contributed by atoms with E-state index in [1.165, 1.54) is 7.11 Å². The van der Waals surface area contributed by atoms with Gasteiger partial charge in [-0.1, -0.05) is 35.8 Å². The average Bonchev–Trinajstić information content (AvgIpc) is 3.23. The molecule has 2 aromatic carbocycles. The molecule has 0 aliphatic rings. The van der Waals surface area contributed by atoms with Crippen molar-refractivity contribution < 1.29 is 18.8 Å². The maximum atomic E-state index is 13.3. The van der Waals surface area contributed by atoms with Crippen molar-refractivity contribution in [1.29, 1.82) is 0 Å². The van der Waals surface area contributed by atoms with E-state index in [4.69, 9.17) is 25.6 Å². The molecule has 1 N–H and O–H groups in total. The monoisotopic (exact) mass is 482 g/mol. The molecule has 0 spiro atoms. The maximum Gasteiger partial charge on any atom is 0.297 e. The van der Waals surface area contributed by atoms with Crippen LogP contribution < -0.4 is 20.3 Å². The van der Waals surface area contributed by atoms with Crippen LogP contribution in [0.25, 0.3) is 22.2 Å². The second kappa shape index (κ2) is 9.56. The molecule has 1 atom stereocenters. The number of nitrogens with one attached hydrogen (secondary N) is 1. The maximum absolute atomic E-state index is 13.3. The number of halogens is 1. The van der Waals surface area contributed by atoms with Crippen LogP contribution in [0, 0.1) is 6.92 Å². The minimum absolute atomic E-state index is 0.101. The topological polar surface area (TPSA) is 108 Å². The van der Waals surface area contributed by atoms with Crippen LogP contribution in [0.4, 0.5) is 5.69 Å². The molecular formula is C24H23ClN4O5. The number of carbonyl (C=O) groups is 1. The molecule has 2 aromatic heterocycles. The molecule has 10 heteroatoms. The molecule has 0 bridgehead atoms. The van der Waals surface area contributed by atoms with Crippen LogP contribution in [-0.4, -0.2) is 35.1 Å². The Morgan fingerprint density at radius 2 is 2.00 bits per heavy atom. The Morgan fingerprint density at radius 1 is 1.21 bits per heavy atom. The number of anilines is 1. The van der Waals surface area contributed by atoms with Crippen LogP contribution in [0.5, 0.6) is 11.5 Å². The first kappa shape index (κ1) is 23.3. The summed E-state index contributed by atoms with van der Waals surface area (Å²) in [4.78, 5) is 26.5. The number of nitrogens with zero attached hydrogens (tertiary/aromatic N) is 3. The molecule has 0 aliphatic heterocycles. The molecule has 34 heavy (non-hydrogen) atoms. The van der Waals surface area contributed by atoms with E-state index >= 15 is 0 Å². The Labute approximate surface area is 200 Å². The fourth-order valence-corrected chi connectivity index (χ4v) is 3.99. The van der Waals surface area contributed by atoms with Crippen molar-refractivity contribution in [3.63, 3.8) is 0 Å². The molecular weight excluding hydrogens is 460 g/mol. The standard InChI is InChI=1S/C24H23ClN4O5/c1-5-18(23(30)26-15-9-10-19(33-4)17(25)12-15)29-24(31)22-20(13(2)34-28-22)21(27-29)14-7-6-8-16(11-14)32-3/h6-12,18H,5H2,1-4H3,(H,26,30)/t18-/m0/s1. The zero-order valence-electron chi connectivity index (χ0n) is 19.1. The lowest BCUT2D eigenvalue weighted by molar-refractivity contribution is -0.119. The first-order chi connectivity index (χ1) is 16.4. The predicted octanol–water partition coefficient (Wildman–Crippen LogP) is 4.62. The third-order valence-corrected chi connectivity index (χ3v) is 5.76. The molecule has 4 aromatic rings. The second-order valence-corrected chi connectivity index (χ2v) is 7.96. The minimum Gasteiger partial charge on any atom is -0.497 e. The lowest BCUT2D eigenvalue weighted by atomic mass is 10.1. The number of carbonyl (C=O) groups excluding carboxylic acids is 1. The second-order valence-electron chi connectivity index (χ2n) is 7.56. The molecule has 0 aliphatic carbocycles. The predicted molar refractivity (Wildman–Crippen MR) is 129 cm³/mol. The fraction of sp³-hybridized carbons (Fsp3) is 0.250. The zero-order chi connectivity index (χ0) is 24.4. The van der Waals surface area contributed by atoms with Crippen LogP contribution in [0.15, 0.2) is 51.8 Å². The third kappa shape index (κ3) is 4.22. The normalized spacial score (nSPS) is 11.9. The van der Waals surface area contributed by atoms with Gasteiger partial charge in [0.05, 0.1) is 24.6 Å². The Bertz CT molecular complexity index is 1430. The molecule has 0 unspecified atom stereocenters. The summed E-state index contributed by atoms with van der Waals surface area (Å²) in [5, 5.41) is 12.2. The zero-order valence-corrected chi connectivity index (χ0v) is 19.8. The molecule has 0 fully saturated rings. The Hall–Kier alpha value is -3.85. The number of hydrogen-bond donors (Lipinski definition) is 1. The number of hydrogen-bond acceptors (Lipinski definition) is 7. The van der Waals surface area contributed by atoms with E-state index in [1.54, 1.807) is 51.3 Å². The quantitative estimate of drug-likeness (QED) is 0.409. The van der Waals surface area contributed by atoms with Crippen LogP contribution in [-0.2, 0) is 4.79 Å². The van der Waals surface area contributed by atoms with Gasteiger partial charge in [-0.25, -0.2) is 4.68 Å². The number of methoxy groups -OCH3 is 2. The number of rotatable bonds is 7. The summed E-state index contributed by atoms with van der Waals surface area (Å²) < 4.78 is 16.9. The summed E-state index contributed by atoms with van der Waals surface area (Å²) in [6.07, 6.45) is 0.308. The summed E-state index contributed by atoms with van der Waals surface area (Å²) in [7, 11) is 3.07. The van der Waals surface area contributed by atoms with Gasteiger partial charge in [-0.3, -0.25) is 9.59 Å². The van der Waals surface area contributed by atoms with Crippen LogP contribution in [0.2, 0.25) is 5.02 Å². The van der Waals surface area contributed by atoms with E-state index in [0.29, 0.717) is 51.0 Å². The first-order valence-corrected chi connectivity index (χ1v) is 10.9. The summed E-state index contributed by atoms with van der Waals surface area (Å²) >= 11 is 6.18. The molecule has 1 amide bonds. The van der Waals surface area contributed by atoms with Crippen molar-refractivity contribution >= 4 is 34.1 Å². The van der Waals surface area contributed by atoms with Crippen molar-refractivity contribution in [2.45, 2.75) is 26.3 Å². The molecule has 2 heterocycles. The van der Waals surface area contributed by atoms with Crippen LogP contribution >= 0.6 is 11.6 Å². The van der Waals surface area contributed by atoms with Gasteiger partial charge in [0.15, 0.2) is 5.52 Å². The van der Waals surface area contributed by atoms with Gasteiger partial charge in [0.25, 0.3) is 5.56 Å². The van der Waals surface area contributed by atoms with E-state index in [1.807, 2.05) is 12.1 Å². The largest absolute Gasteiger partial charge is 0.497 e. The van der Waals surface area contributed by atoms with Gasteiger partial charge in [0, 0.05) is 11.3 Å². The third-order valence-electron chi connectivity index (χ3n) is 5.46. The Morgan fingerprint density at radius 3 is 2.68 bits per heavy atom. The van der Waals surface area contributed by atoms with E-state index in [2.05, 4.69) is 15.6 Å². The molecule has 0 saturated heterocycles. The number of ether oxygens (including phenoxy) is 2. The summed E-state index contributed by atoms with van der Waals surface area (Å²) in [5.74, 6) is 1.14. The van der Waals surface area contributed by atoms with Gasteiger partial charge < -0.3 is 19.3 Å².